The number of fused-ring (bicyclic) bond motifs is 4. The third kappa shape index (κ3) is 3.37. The molecule has 25 heavy (non-hydrogen) atoms. The number of hydrogen-bond acceptors (Lipinski definition) is 6. The smallest absolute Gasteiger partial charge is 0.317 e. The van der Waals surface area contributed by atoms with Gasteiger partial charge in [-0.1, -0.05) is 0 Å². The van der Waals surface area contributed by atoms with Gasteiger partial charge in [-0.2, -0.15) is 0 Å². The summed E-state index contributed by atoms with van der Waals surface area (Å²) in [6.07, 6.45) is 0. The van der Waals surface area contributed by atoms with E-state index in [1.807, 2.05) is 28.0 Å². The van der Waals surface area contributed by atoms with Crippen LogP contribution in [-0.2, 0) is 9.53 Å². The maximum atomic E-state index is 13.1. The Balaban J connectivity index is 1.60. The van der Waals surface area contributed by atoms with Crippen LogP contribution in [0, 0.1) is 5.92 Å². The number of ether oxygens (including phenoxy) is 1. The van der Waals surface area contributed by atoms with Crippen LogP contribution in [0.3, 0.4) is 0 Å². The standard InChI is InChI=1S/C17H19N3O4S/c21-16(22)7-19-4-11-5-20(13(6-19)9-24-8-11)17(23)12-1-2-14-15(3-12)25-10-18-14/h1-3,10-11,13H,4-9H2,(H,21,22)/t11-,13-/m0/s1. The molecule has 1 amide bonds. The number of hydrogen-bond donors (Lipinski definition) is 1. The summed E-state index contributed by atoms with van der Waals surface area (Å²) in [4.78, 5) is 32.2. The molecule has 7 nitrogen and oxygen atoms in total. The molecule has 4 rings (SSSR count). The summed E-state index contributed by atoms with van der Waals surface area (Å²) in [5.74, 6) is -0.731. The van der Waals surface area contributed by atoms with Crippen LogP contribution in [-0.4, -0.2) is 77.2 Å². The van der Waals surface area contributed by atoms with E-state index in [2.05, 4.69) is 4.98 Å². The number of carboxylic acid groups (broad SMARTS) is 1. The topological polar surface area (TPSA) is 83.0 Å². The minimum atomic E-state index is -0.839. The molecule has 0 spiro atoms. The molecule has 0 aliphatic carbocycles. The zero-order chi connectivity index (χ0) is 17.4. The summed E-state index contributed by atoms with van der Waals surface area (Å²) in [7, 11) is 0. The first-order valence-electron chi connectivity index (χ1n) is 8.26. The number of aromatic nitrogens is 1. The molecule has 0 radical (unpaired) electrons. The maximum Gasteiger partial charge on any atom is 0.317 e. The largest absolute Gasteiger partial charge is 0.480 e. The van der Waals surface area contributed by atoms with Crippen LogP contribution in [0.15, 0.2) is 23.7 Å². The van der Waals surface area contributed by atoms with Crippen LogP contribution in [0.2, 0.25) is 0 Å². The highest BCUT2D eigenvalue weighted by molar-refractivity contribution is 7.16. The van der Waals surface area contributed by atoms with Crippen LogP contribution in [0.4, 0.5) is 0 Å². The summed E-state index contributed by atoms with van der Waals surface area (Å²) in [5.41, 5.74) is 3.32. The summed E-state index contributed by atoms with van der Waals surface area (Å²) in [6, 6.07) is 5.45. The van der Waals surface area contributed by atoms with Crippen LogP contribution < -0.4 is 0 Å². The second kappa shape index (κ2) is 6.70. The molecular weight excluding hydrogens is 342 g/mol. The molecule has 2 saturated heterocycles. The lowest BCUT2D eigenvalue weighted by atomic mass is 10.1. The molecule has 0 saturated carbocycles. The second-order valence-corrected chi connectivity index (χ2v) is 7.52. The normalized spacial score (nSPS) is 24.2. The zero-order valence-electron chi connectivity index (χ0n) is 13.6. The fourth-order valence-corrected chi connectivity index (χ4v) is 4.38. The van der Waals surface area contributed by atoms with Gasteiger partial charge in [-0.15, -0.1) is 11.3 Å². The van der Waals surface area contributed by atoms with E-state index in [0.717, 1.165) is 10.2 Å². The highest BCUT2D eigenvalue weighted by atomic mass is 32.1. The van der Waals surface area contributed by atoms with Crippen LogP contribution in [0.1, 0.15) is 10.4 Å². The Hall–Kier alpha value is -2.03. The van der Waals surface area contributed by atoms with E-state index in [-0.39, 0.29) is 24.4 Å². The molecule has 3 heterocycles. The van der Waals surface area contributed by atoms with E-state index in [0.29, 0.717) is 38.4 Å². The predicted octanol–water partition coefficient (Wildman–Crippen LogP) is 1.15. The number of aliphatic carboxylic acids is 1. The Morgan fingerprint density at radius 3 is 3.00 bits per heavy atom. The number of carbonyl (C=O) groups is 2. The Bertz CT molecular complexity index is 808. The number of carbonyl (C=O) groups excluding carboxylic acids is 1. The third-order valence-electron chi connectivity index (χ3n) is 4.74. The molecular formula is C17H19N3O4S. The molecule has 2 bridgehead atoms. The first-order chi connectivity index (χ1) is 12.1. The molecule has 0 unspecified atom stereocenters. The molecule has 8 heteroatoms. The third-order valence-corrected chi connectivity index (χ3v) is 5.53. The molecule has 2 aromatic rings. The number of carboxylic acids is 1. The van der Waals surface area contributed by atoms with Crippen molar-refractivity contribution in [3.8, 4) is 0 Å². The van der Waals surface area contributed by atoms with Crippen LogP contribution in [0.5, 0.6) is 0 Å². The van der Waals surface area contributed by atoms with Crippen molar-refractivity contribution >= 4 is 33.4 Å². The molecule has 132 valence electrons. The van der Waals surface area contributed by atoms with E-state index in [1.165, 1.54) is 11.3 Å². The minimum absolute atomic E-state index is 0.00184. The molecule has 1 aromatic carbocycles. The van der Waals surface area contributed by atoms with Crippen molar-refractivity contribution in [1.29, 1.82) is 0 Å². The average Bonchev–Trinajstić information content (AvgIpc) is 2.86. The van der Waals surface area contributed by atoms with Crippen molar-refractivity contribution in [1.82, 2.24) is 14.8 Å². The number of benzene rings is 1. The fourth-order valence-electron chi connectivity index (χ4n) is 3.66. The zero-order valence-corrected chi connectivity index (χ0v) is 14.4. The minimum Gasteiger partial charge on any atom is -0.480 e. The van der Waals surface area contributed by atoms with Gasteiger partial charge in [0.1, 0.15) is 0 Å². The highest BCUT2D eigenvalue weighted by Gasteiger charge is 2.36. The van der Waals surface area contributed by atoms with Gasteiger partial charge in [-0.3, -0.25) is 14.5 Å². The van der Waals surface area contributed by atoms with E-state index in [4.69, 9.17) is 9.84 Å². The monoisotopic (exact) mass is 361 g/mol. The molecule has 1 N–H and O–H groups in total. The summed E-state index contributed by atoms with van der Waals surface area (Å²) in [6.45, 7) is 2.77. The van der Waals surface area contributed by atoms with E-state index >= 15 is 0 Å². The molecule has 2 atom stereocenters. The average molecular weight is 361 g/mol. The highest BCUT2D eigenvalue weighted by Crippen LogP contribution is 2.24. The Morgan fingerprint density at radius 1 is 1.28 bits per heavy atom. The van der Waals surface area contributed by atoms with Gasteiger partial charge < -0.3 is 14.7 Å². The van der Waals surface area contributed by atoms with Crippen molar-refractivity contribution in [3.63, 3.8) is 0 Å². The lowest BCUT2D eigenvalue weighted by Gasteiger charge is -2.30. The van der Waals surface area contributed by atoms with Crippen molar-refractivity contribution in [2.24, 2.45) is 5.92 Å². The van der Waals surface area contributed by atoms with Gasteiger partial charge in [0.2, 0.25) is 0 Å². The fraction of sp³-hybridized carbons (Fsp3) is 0.471. The van der Waals surface area contributed by atoms with Crippen molar-refractivity contribution in [2.45, 2.75) is 6.04 Å². The Kier molecular flexibility index (Phi) is 4.41. The van der Waals surface area contributed by atoms with Crippen LogP contribution >= 0.6 is 11.3 Å². The lowest BCUT2D eigenvalue weighted by Crippen LogP contribution is -2.47. The van der Waals surface area contributed by atoms with Crippen molar-refractivity contribution < 1.29 is 19.4 Å². The lowest BCUT2D eigenvalue weighted by molar-refractivity contribution is -0.138. The predicted molar refractivity (Wildman–Crippen MR) is 92.8 cm³/mol. The summed E-state index contributed by atoms with van der Waals surface area (Å²) >= 11 is 1.52. The second-order valence-electron chi connectivity index (χ2n) is 6.64. The van der Waals surface area contributed by atoms with Crippen molar-refractivity contribution in [3.05, 3.63) is 29.3 Å². The van der Waals surface area contributed by atoms with E-state index in [1.54, 1.807) is 5.51 Å². The first kappa shape index (κ1) is 16.4. The maximum absolute atomic E-state index is 13.1. The van der Waals surface area contributed by atoms with Crippen molar-refractivity contribution in [2.75, 3.05) is 39.4 Å². The molecule has 2 aliphatic rings. The van der Waals surface area contributed by atoms with Gasteiger partial charge in [0.05, 0.1) is 41.5 Å². The number of nitrogens with zero attached hydrogens (tertiary/aromatic N) is 3. The quantitative estimate of drug-likeness (QED) is 0.883. The summed E-state index contributed by atoms with van der Waals surface area (Å²) < 4.78 is 6.71. The first-order valence-corrected chi connectivity index (χ1v) is 9.14. The van der Waals surface area contributed by atoms with Gasteiger partial charge in [0, 0.05) is 31.1 Å². The van der Waals surface area contributed by atoms with Gasteiger partial charge in [0.25, 0.3) is 5.91 Å². The van der Waals surface area contributed by atoms with Gasteiger partial charge in [-0.05, 0) is 18.2 Å². The number of rotatable bonds is 3. The SMILES string of the molecule is O=C(O)CN1C[C@@H]2COC[C@H](C1)N(C(=O)c1ccc3ncsc3c1)C2. The summed E-state index contributed by atoms with van der Waals surface area (Å²) in [5, 5.41) is 9.10. The van der Waals surface area contributed by atoms with Crippen LogP contribution in [0.25, 0.3) is 10.2 Å². The number of amides is 1. The molecule has 1 aromatic heterocycles. The molecule has 2 fully saturated rings. The van der Waals surface area contributed by atoms with Gasteiger partial charge >= 0.3 is 5.97 Å². The number of thiazole rings is 1. The van der Waals surface area contributed by atoms with Gasteiger partial charge in [0.15, 0.2) is 0 Å². The molecule has 2 aliphatic heterocycles. The Labute approximate surface area is 148 Å². The van der Waals surface area contributed by atoms with Gasteiger partial charge in [-0.25, -0.2) is 4.98 Å². The van der Waals surface area contributed by atoms with E-state index < -0.39 is 5.97 Å². The Morgan fingerprint density at radius 2 is 2.16 bits per heavy atom. The van der Waals surface area contributed by atoms with E-state index in [9.17, 15) is 9.59 Å².